The minimum atomic E-state index is -3.82. The van der Waals surface area contributed by atoms with Crippen molar-refractivity contribution in [1.29, 1.82) is 0 Å². The second kappa shape index (κ2) is 9.22. The number of sulfonamides is 1. The first-order chi connectivity index (χ1) is 14.7. The summed E-state index contributed by atoms with van der Waals surface area (Å²) in [5, 5.41) is 2.97. The standard InChI is InChI=1S/C24H26N2O4S/c1-5-18-8-6-7-17(3)23(18)25-24(27)19-10-9-16(2)22(15-19)26-31(28,29)21-13-11-20(30-4)12-14-21/h6-15,26H,5H2,1-4H3,(H,25,27). The molecule has 0 saturated carbocycles. The number of ether oxygens (including phenoxy) is 1. The number of nitrogens with one attached hydrogen (secondary N) is 2. The van der Waals surface area contributed by atoms with Gasteiger partial charge in [-0.25, -0.2) is 8.42 Å². The lowest BCUT2D eigenvalue weighted by molar-refractivity contribution is 0.102. The maximum absolute atomic E-state index is 12.9. The minimum absolute atomic E-state index is 0.107. The number of benzene rings is 3. The van der Waals surface area contributed by atoms with Gasteiger partial charge >= 0.3 is 0 Å². The average Bonchev–Trinajstić information content (AvgIpc) is 2.76. The topological polar surface area (TPSA) is 84.5 Å². The molecule has 0 aromatic heterocycles. The number of aryl methyl sites for hydroxylation is 3. The van der Waals surface area contributed by atoms with E-state index in [2.05, 4.69) is 10.0 Å². The van der Waals surface area contributed by atoms with Gasteiger partial charge in [-0.1, -0.05) is 31.2 Å². The Morgan fingerprint density at radius 3 is 2.32 bits per heavy atom. The summed E-state index contributed by atoms with van der Waals surface area (Å²) in [6, 6.07) is 16.9. The number of methoxy groups -OCH3 is 1. The van der Waals surface area contributed by atoms with Crippen molar-refractivity contribution in [3.63, 3.8) is 0 Å². The van der Waals surface area contributed by atoms with E-state index in [0.29, 0.717) is 22.6 Å². The SMILES string of the molecule is CCc1cccc(C)c1NC(=O)c1ccc(C)c(NS(=O)(=O)c2ccc(OC)cc2)c1. The van der Waals surface area contributed by atoms with Gasteiger partial charge in [-0.05, 0) is 73.4 Å². The van der Waals surface area contributed by atoms with Gasteiger partial charge in [0.2, 0.25) is 0 Å². The number of anilines is 2. The summed E-state index contributed by atoms with van der Waals surface area (Å²) in [6.07, 6.45) is 0.790. The van der Waals surface area contributed by atoms with E-state index < -0.39 is 10.0 Å². The lowest BCUT2D eigenvalue weighted by Crippen LogP contribution is -2.17. The van der Waals surface area contributed by atoms with Crippen LogP contribution >= 0.6 is 0 Å². The highest BCUT2D eigenvalue weighted by atomic mass is 32.2. The summed E-state index contributed by atoms with van der Waals surface area (Å²) in [5.41, 5.74) is 4.23. The van der Waals surface area contributed by atoms with Crippen LogP contribution in [0.4, 0.5) is 11.4 Å². The van der Waals surface area contributed by atoms with Crippen molar-refractivity contribution in [2.45, 2.75) is 32.1 Å². The largest absolute Gasteiger partial charge is 0.497 e. The van der Waals surface area contributed by atoms with E-state index in [1.165, 1.54) is 19.2 Å². The molecule has 0 saturated heterocycles. The number of hydrogen-bond acceptors (Lipinski definition) is 4. The number of hydrogen-bond donors (Lipinski definition) is 2. The summed E-state index contributed by atoms with van der Waals surface area (Å²) in [4.78, 5) is 13.0. The summed E-state index contributed by atoms with van der Waals surface area (Å²) < 4.78 is 33.3. The lowest BCUT2D eigenvalue weighted by atomic mass is 10.0. The first kappa shape index (κ1) is 22.4. The fourth-order valence-electron chi connectivity index (χ4n) is 3.22. The van der Waals surface area contributed by atoms with E-state index >= 15 is 0 Å². The van der Waals surface area contributed by atoms with Crippen LogP contribution < -0.4 is 14.8 Å². The van der Waals surface area contributed by atoms with Gasteiger partial charge < -0.3 is 10.1 Å². The van der Waals surface area contributed by atoms with Gasteiger partial charge in [0.25, 0.3) is 15.9 Å². The maximum atomic E-state index is 12.9. The van der Waals surface area contributed by atoms with Gasteiger partial charge in [0, 0.05) is 11.3 Å². The predicted molar refractivity (Wildman–Crippen MR) is 123 cm³/mol. The molecule has 0 atom stereocenters. The molecule has 1 amide bonds. The monoisotopic (exact) mass is 438 g/mol. The Balaban J connectivity index is 1.87. The number of carbonyl (C=O) groups is 1. The number of rotatable bonds is 7. The molecule has 6 nitrogen and oxygen atoms in total. The Morgan fingerprint density at radius 1 is 0.968 bits per heavy atom. The molecule has 0 spiro atoms. The van der Waals surface area contributed by atoms with Crippen LogP contribution in [-0.4, -0.2) is 21.4 Å². The number of amides is 1. The molecule has 7 heteroatoms. The highest BCUT2D eigenvalue weighted by Crippen LogP contribution is 2.25. The lowest BCUT2D eigenvalue weighted by Gasteiger charge is -2.15. The first-order valence-corrected chi connectivity index (χ1v) is 11.4. The molecule has 0 unspecified atom stereocenters. The fraction of sp³-hybridized carbons (Fsp3) is 0.208. The molecule has 162 valence electrons. The molecule has 0 aliphatic heterocycles. The fourth-order valence-corrected chi connectivity index (χ4v) is 4.34. The molecule has 3 rings (SSSR count). The molecule has 3 aromatic carbocycles. The van der Waals surface area contributed by atoms with Crippen LogP contribution in [0, 0.1) is 13.8 Å². The van der Waals surface area contributed by atoms with Gasteiger partial charge in [-0.15, -0.1) is 0 Å². The first-order valence-electron chi connectivity index (χ1n) is 9.92. The predicted octanol–water partition coefficient (Wildman–Crippen LogP) is 4.93. The van der Waals surface area contributed by atoms with Crippen molar-refractivity contribution >= 4 is 27.3 Å². The van der Waals surface area contributed by atoms with E-state index in [4.69, 9.17) is 4.74 Å². The van der Waals surface area contributed by atoms with Gasteiger partial charge in [-0.2, -0.15) is 0 Å². The van der Waals surface area contributed by atoms with E-state index in [9.17, 15) is 13.2 Å². The van der Waals surface area contributed by atoms with E-state index in [0.717, 1.165) is 23.2 Å². The summed E-state index contributed by atoms with van der Waals surface area (Å²) in [5.74, 6) is 0.269. The Morgan fingerprint density at radius 2 is 1.68 bits per heavy atom. The third kappa shape index (κ3) is 5.06. The molecule has 0 aliphatic carbocycles. The third-order valence-corrected chi connectivity index (χ3v) is 6.47. The number of carbonyl (C=O) groups excluding carboxylic acids is 1. The molecular formula is C24H26N2O4S. The van der Waals surface area contributed by atoms with E-state index in [1.807, 2.05) is 32.0 Å². The zero-order chi connectivity index (χ0) is 22.6. The van der Waals surface area contributed by atoms with Gasteiger partial charge in [-0.3, -0.25) is 9.52 Å². The van der Waals surface area contributed by atoms with Crippen LogP contribution in [0.1, 0.15) is 34.0 Å². The normalized spacial score (nSPS) is 11.1. The van der Waals surface area contributed by atoms with Crippen molar-refractivity contribution in [1.82, 2.24) is 0 Å². The molecule has 0 bridgehead atoms. The van der Waals surface area contributed by atoms with Crippen LogP contribution in [0.3, 0.4) is 0 Å². The maximum Gasteiger partial charge on any atom is 0.261 e. The highest BCUT2D eigenvalue weighted by molar-refractivity contribution is 7.92. The highest BCUT2D eigenvalue weighted by Gasteiger charge is 2.17. The van der Waals surface area contributed by atoms with E-state index in [-0.39, 0.29) is 10.8 Å². The molecule has 2 N–H and O–H groups in total. The van der Waals surface area contributed by atoms with Gasteiger partial charge in [0.1, 0.15) is 5.75 Å². The van der Waals surface area contributed by atoms with Gasteiger partial charge in [0.15, 0.2) is 0 Å². The van der Waals surface area contributed by atoms with Crippen LogP contribution in [-0.2, 0) is 16.4 Å². The van der Waals surface area contributed by atoms with Crippen LogP contribution in [0.15, 0.2) is 65.6 Å². The average molecular weight is 439 g/mol. The number of para-hydroxylation sites is 1. The van der Waals surface area contributed by atoms with Crippen molar-refractivity contribution < 1.29 is 17.9 Å². The van der Waals surface area contributed by atoms with Crippen molar-refractivity contribution in [2.24, 2.45) is 0 Å². The zero-order valence-electron chi connectivity index (χ0n) is 18.0. The molecule has 0 heterocycles. The molecule has 0 aliphatic rings. The minimum Gasteiger partial charge on any atom is -0.497 e. The summed E-state index contributed by atoms with van der Waals surface area (Å²) in [6.45, 7) is 5.75. The smallest absolute Gasteiger partial charge is 0.261 e. The third-order valence-electron chi connectivity index (χ3n) is 5.09. The second-order valence-corrected chi connectivity index (χ2v) is 8.91. The Hall–Kier alpha value is -3.32. The Labute approximate surface area is 183 Å². The van der Waals surface area contributed by atoms with Crippen molar-refractivity contribution in [2.75, 3.05) is 17.1 Å². The Bertz CT molecular complexity index is 1200. The molecular weight excluding hydrogens is 412 g/mol. The zero-order valence-corrected chi connectivity index (χ0v) is 18.8. The quantitative estimate of drug-likeness (QED) is 0.548. The van der Waals surface area contributed by atoms with Crippen molar-refractivity contribution in [3.8, 4) is 5.75 Å². The van der Waals surface area contributed by atoms with Crippen LogP contribution in [0.5, 0.6) is 5.75 Å². The van der Waals surface area contributed by atoms with E-state index in [1.54, 1.807) is 37.3 Å². The molecule has 0 fully saturated rings. The van der Waals surface area contributed by atoms with Crippen LogP contribution in [0.25, 0.3) is 0 Å². The molecule has 0 radical (unpaired) electrons. The summed E-state index contributed by atoms with van der Waals surface area (Å²) >= 11 is 0. The Kier molecular flexibility index (Phi) is 6.65. The molecule has 3 aromatic rings. The summed E-state index contributed by atoms with van der Waals surface area (Å²) in [7, 11) is -2.30. The second-order valence-electron chi connectivity index (χ2n) is 7.23. The van der Waals surface area contributed by atoms with Crippen LogP contribution in [0.2, 0.25) is 0 Å². The molecule has 31 heavy (non-hydrogen) atoms. The van der Waals surface area contributed by atoms with Gasteiger partial charge in [0.05, 0.1) is 17.7 Å². The van der Waals surface area contributed by atoms with Crippen molar-refractivity contribution in [3.05, 3.63) is 82.9 Å².